The Bertz CT molecular complexity index is 820. The molecule has 3 rings (SSSR count). The molecule has 20 heavy (non-hydrogen) atoms. The van der Waals surface area contributed by atoms with E-state index in [2.05, 4.69) is 20.9 Å². The number of nitrogens with two attached hydrogens (primary N) is 1. The third-order valence-electron chi connectivity index (χ3n) is 3.36. The van der Waals surface area contributed by atoms with Crippen molar-refractivity contribution in [3.05, 3.63) is 63.8 Å². The molecule has 1 heterocycles. The first-order valence-corrected chi connectivity index (χ1v) is 7.04. The zero-order chi connectivity index (χ0) is 14.3. The molecule has 3 nitrogen and oxygen atoms in total. The van der Waals surface area contributed by atoms with E-state index >= 15 is 0 Å². The summed E-state index contributed by atoms with van der Waals surface area (Å²) in [7, 11) is 0. The molecule has 1 aromatic heterocycles. The van der Waals surface area contributed by atoms with Crippen molar-refractivity contribution in [3.8, 4) is 0 Å². The van der Waals surface area contributed by atoms with Gasteiger partial charge in [-0.1, -0.05) is 34.1 Å². The van der Waals surface area contributed by atoms with Gasteiger partial charge < -0.3 is 10.7 Å². The van der Waals surface area contributed by atoms with Crippen LogP contribution in [-0.4, -0.2) is 10.8 Å². The molecule has 3 aromatic rings. The van der Waals surface area contributed by atoms with Crippen LogP contribution in [0.2, 0.25) is 0 Å². The van der Waals surface area contributed by atoms with E-state index in [0.29, 0.717) is 16.8 Å². The SMILES string of the molecule is Cc1[nH]c2ccccc2c1C(=O)c1cc(N)ccc1Br. The Morgan fingerprint density at radius 2 is 1.95 bits per heavy atom. The fraction of sp³-hybridized carbons (Fsp3) is 0.0625. The molecule has 3 N–H and O–H groups in total. The number of fused-ring (bicyclic) bond motifs is 1. The second-order valence-corrected chi connectivity index (χ2v) is 5.59. The first kappa shape index (κ1) is 12.9. The van der Waals surface area contributed by atoms with E-state index in [1.165, 1.54) is 0 Å². The molecule has 0 aliphatic heterocycles. The van der Waals surface area contributed by atoms with E-state index in [9.17, 15) is 4.79 Å². The number of halogens is 1. The van der Waals surface area contributed by atoms with Gasteiger partial charge in [0.1, 0.15) is 0 Å². The second-order valence-electron chi connectivity index (χ2n) is 4.74. The van der Waals surface area contributed by atoms with Crippen molar-refractivity contribution in [1.82, 2.24) is 4.98 Å². The largest absolute Gasteiger partial charge is 0.399 e. The third-order valence-corrected chi connectivity index (χ3v) is 4.05. The smallest absolute Gasteiger partial charge is 0.196 e. The van der Waals surface area contributed by atoms with Crippen LogP contribution >= 0.6 is 15.9 Å². The monoisotopic (exact) mass is 328 g/mol. The van der Waals surface area contributed by atoms with Crippen LogP contribution in [0, 0.1) is 6.92 Å². The van der Waals surface area contributed by atoms with Crippen molar-refractivity contribution in [3.63, 3.8) is 0 Å². The normalized spacial score (nSPS) is 10.9. The number of nitrogens with one attached hydrogen (secondary N) is 1. The van der Waals surface area contributed by atoms with Crippen LogP contribution in [0.1, 0.15) is 21.6 Å². The number of aromatic amines is 1. The first-order valence-electron chi connectivity index (χ1n) is 6.25. The molecule has 0 saturated carbocycles. The molecular weight excluding hydrogens is 316 g/mol. The summed E-state index contributed by atoms with van der Waals surface area (Å²) in [5, 5.41) is 0.935. The number of aromatic nitrogens is 1. The molecule has 4 heteroatoms. The first-order chi connectivity index (χ1) is 9.58. The molecule has 0 aliphatic rings. The van der Waals surface area contributed by atoms with E-state index < -0.39 is 0 Å². The second kappa shape index (κ2) is 4.80. The summed E-state index contributed by atoms with van der Waals surface area (Å²) in [5.41, 5.74) is 9.48. The summed E-state index contributed by atoms with van der Waals surface area (Å²) in [6.45, 7) is 1.91. The number of carbonyl (C=O) groups is 1. The molecule has 0 saturated heterocycles. The number of rotatable bonds is 2. The summed E-state index contributed by atoms with van der Waals surface area (Å²) in [4.78, 5) is 16.1. The Morgan fingerprint density at radius 1 is 1.20 bits per heavy atom. The minimum atomic E-state index is -0.0286. The van der Waals surface area contributed by atoms with Crippen LogP contribution in [0.4, 0.5) is 5.69 Å². The average molecular weight is 329 g/mol. The highest BCUT2D eigenvalue weighted by atomic mass is 79.9. The number of carbonyl (C=O) groups excluding carboxylic acids is 1. The number of hydrogen-bond donors (Lipinski definition) is 2. The van der Waals surface area contributed by atoms with Gasteiger partial charge in [0.2, 0.25) is 0 Å². The number of ketones is 1. The maximum atomic E-state index is 12.8. The zero-order valence-electron chi connectivity index (χ0n) is 10.9. The lowest BCUT2D eigenvalue weighted by Crippen LogP contribution is -2.04. The highest BCUT2D eigenvalue weighted by Crippen LogP contribution is 2.28. The standard InChI is InChI=1S/C16H13BrN2O/c1-9-15(11-4-2-3-5-14(11)19-9)16(20)12-8-10(18)6-7-13(12)17/h2-8,19H,18H2,1H3. The predicted molar refractivity (Wildman–Crippen MR) is 85.0 cm³/mol. The van der Waals surface area contributed by atoms with Crippen LogP contribution in [-0.2, 0) is 0 Å². The summed E-state index contributed by atoms with van der Waals surface area (Å²) in [5.74, 6) is -0.0286. The van der Waals surface area contributed by atoms with Crippen LogP contribution in [0.3, 0.4) is 0 Å². The Labute approximate surface area is 124 Å². The topological polar surface area (TPSA) is 58.9 Å². The van der Waals surface area contributed by atoms with Crippen molar-refractivity contribution in [2.45, 2.75) is 6.92 Å². The highest BCUT2D eigenvalue weighted by Gasteiger charge is 2.19. The van der Waals surface area contributed by atoms with Crippen LogP contribution in [0.25, 0.3) is 10.9 Å². The average Bonchev–Trinajstić information content (AvgIpc) is 2.76. The molecule has 0 bridgehead atoms. The lowest BCUT2D eigenvalue weighted by atomic mass is 10.00. The lowest BCUT2D eigenvalue weighted by Gasteiger charge is -2.05. The fourth-order valence-electron chi connectivity index (χ4n) is 2.42. The van der Waals surface area contributed by atoms with Gasteiger partial charge in [-0.05, 0) is 31.2 Å². The Kier molecular flexibility index (Phi) is 3.10. The predicted octanol–water partition coefficient (Wildman–Crippen LogP) is 4.05. The van der Waals surface area contributed by atoms with Crippen molar-refractivity contribution in [1.29, 1.82) is 0 Å². The third kappa shape index (κ3) is 2.02. The van der Waals surface area contributed by atoms with Crippen molar-refractivity contribution in [2.24, 2.45) is 0 Å². The molecule has 0 atom stereocenters. The van der Waals surface area contributed by atoms with Crippen LogP contribution < -0.4 is 5.73 Å². The van der Waals surface area contributed by atoms with Crippen molar-refractivity contribution < 1.29 is 4.79 Å². The summed E-state index contributed by atoms with van der Waals surface area (Å²) >= 11 is 3.42. The van der Waals surface area contributed by atoms with Crippen LogP contribution in [0.5, 0.6) is 0 Å². The van der Waals surface area contributed by atoms with Gasteiger partial charge in [0, 0.05) is 32.3 Å². The number of aryl methyl sites for hydroxylation is 1. The highest BCUT2D eigenvalue weighted by molar-refractivity contribution is 9.10. The molecule has 0 aliphatic carbocycles. The summed E-state index contributed by atoms with van der Waals surface area (Å²) in [6, 6.07) is 13.1. The van der Waals surface area contributed by atoms with Gasteiger partial charge >= 0.3 is 0 Å². The minimum Gasteiger partial charge on any atom is -0.399 e. The van der Waals surface area contributed by atoms with E-state index in [1.54, 1.807) is 18.2 Å². The quantitative estimate of drug-likeness (QED) is 0.550. The van der Waals surface area contributed by atoms with Gasteiger partial charge in [0.05, 0.1) is 5.56 Å². The van der Waals surface area contributed by atoms with E-state index in [-0.39, 0.29) is 5.78 Å². The van der Waals surface area contributed by atoms with Crippen LogP contribution in [0.15, 0.2) is 46.9 Å². The van der Waals surface area contributed by atoms with Gasteiger partial charge in [-0.2, -0.15) is 0 Å². The Morgan fingerprint density at radius 3 is 2.75 bits per heavy atom. The van der Waals surface area contributed by atoms with E-state index in [1.807, 2.05) is 31.2 Å². The zero-order valence-corrected chi connectivity index (χ0v) is 12.5. The Balaban J connectivity index is 2.22. The summed E-state index contributed by atoms with van der Waals surface area (Å²) in [6.07, 6.45) is 0. The molecule has 0 fully saturated rings. The molecular formula is C16H13BrN2O. The van der Waals surface area contributed by atoms with Gasteiger partial charge in [0.15, 0.2) is 5.78 Å². The minimum absolute atomic E-state index is 0.0286. The number of benzene rings is 2. The maximum Gasteiger partial charge on any atom is 0.196 e. The molecule has 100 valence electrons. The van der Waals surface area contributed by atoms with E-state index in [0.717, 1.165) is 21.1 Å². The maximum absolute atomic E-state index is 12.8. The van der Waals surface area contributed by atoms with Crippen molar-refractivity contribution >= 4 is 38.3 Å². The Hall–Kier alpha value is -2.07. The van der Waals surface area contributed by atoms with Crippen molar-refractivity contribution in [2.75, 3.05) is 5.73 Å². The number of nitrogen functional groups attached to an aromatic ring is 1. The molecule has 0 unspecified atom stereocenters. The van der Waals surface area contributed by atoms with Gasteiger partial charge in [-0.3, -0.25) is 4.79 Å². The molecule has 2 aromatic carbocycles. The molecule has 0 amide bonds. The number of H-pyrrole nitrogens is 1. The summed E-state index contributed by atoms with van der Waals surface area (Å²) < 4.78 is 0.751. The number of hydrogen-bond acceptors (Lipinski definition) is 2. The van der Waals surface area contributed by atoms with E-state index in [4.69, 9.17) is 5.73 Å². The van der Waals surface area contributed by atoms with Gasteiger partial charge in [0.25, 0.3) is 0 Å². The molecule has 0 spiro atoms. The number of anilines is 1. The molecule has 0 radical (unpaired) electrons. The lowest BCUT2D eigenvalue weighted by molar-refractivity contribution is 0.103. The fourth-order valence-corrected chi connectivity index (χ4v) is 2.85. The van der Waals surface area contributed by atoms with Gasteiger partial charge in [-0.25, -0.2) is 0 Å². The van der Waals surface area contributed by atoms with Gasteiger partial charge in [-0.15, -0.1) is 0 Å². The number of para-hydroxylation sites is 1.